The van der Waals surface area contributed by atoms with Gasteiger partial charge in [0.25, 0.3) is 0 Å². The molecular weight excluding hydrogens is 323 g/mol. The molecule has 1 aromatic heterocycles. The van der Waals surface area contributed by atoms with Crippen LogP contribution in [-0.4, -0.2) is 23.9 Å². The lowest BCUT2D eigenvalue weighted by Gasteiger charge is -2.23. The predicted octanol–water partition coefficient (Wildman–Crippen LogP) is 3.96. The number of carbonyl (C=O) groups excluding carboxylic acids is 1. The summed E-state index contributed by atoms with van der Waals surface area (Å²) in [7, 11) is 0. The Morgan fingerprint density at radius 2 is 2.17 bits per heavy atom. The normalized spacial score (nSPS) is 18.0. The topological polar surface area (TPSA) is 32.3 Å². The van der Waals surface area contributed by atoms with Crippen LogP contribution < -0.4 is 5.32 Å². The lowest BCUT2D eigenvalue weighted by atomic mass is 10.1. The summed E-state index contributed by atoms with van der Waals surface area (Å²) in [5.74, 6) is -0.231. The summed E-state index contributed by atoms with van der Waals surface area (Å²) in [5, 5.41) is 2.91. The Balaban J connectivity index is 1.55. The highest BCUT2D eigenvalue weighted by molar-refractivity contribution is 7.12. The van der Waals surface area contributed by atoms with Crippen molar-refractivity contribution in [3.8, 4) is 0 Å². The van der Waals surface area contributed by atoms with E-state index in [2.05, 4.69) is 29.3 Å². The fourth-order valence-corrected chi connectivity index (χ4v) is 4.20. The Bertz CT molecular complexity index is 728. The van der Waals surface area contributed by atoms with Gasteiger partial charge < -0.3 is 5.32 Å². The van der Waals surface area contributed by atoms with Gasteiger partial charge in [-0.15, -0.1) is 11.3 Å². The van der Waals surface area contributed by atoms with Gasteiger partial charge in [0.1, 0.15) is 5.82 Å². The molecule has 1 atom stereocenters. The first kappa shape index (κ1) is 17.1. The van der Waals surface area contributed by atoms with Gasteiger partial charge in [-0.1, -0.05) is 12.1 Å². The summed E-state index contributed by atoms with van der Waals surface area (Å²) < 4.78 is 13.6. The largest absolute Gasteiger partial charge is 0.351 e. The van der Waals surface area contributed by atoms with E-state index in [4.69, 9.17) is 0 Å². The average molecular weight is 346 g/mol. The molecule has 1 saturated heterocycles. The monoisotopic (exact) mass is 346 g/mol. The number of hydrogen-bond donors (Lipinski definition) is 1. The number of nitrogens with zero attached hydrogens (tertiary/aromatic N) is 1. The van der Waals surface area contributed by atoms with E-state index in [9.17, 15) is 9.18 Å². The Kier molecular flexibility index (Phi) is 5.31. The number of carbonyl (C=O) groups is 1. The number of halogens is 1. The Morgan fingerprint density at radius 1 is 1.33 bits per heavy atom. The zero-order valence-corrected chi connectivity index (χ0v) is 15.0. The highest BCUT2D eigenvalue weighted by Crippen LogP contribution is 2.35. The number of thiophene rings is 1. The van der Waals surface area contributed by atoms with Gasteiger partial charge in [-0.3, -0.25) is 9.69 Å². The maximum atomic E-state index is 13.6. The first-order valence-electron chi connectivity index (χ1n) is 8.35. The molecule has 2 heterocycles. The second-order valence-electron chi connectivity index (χ2n) is 6.44. The number of nitrogens with one attached hydrogen (secondary N) is 1. The van der Waals surface area contributed by atoms with Crippen LogP contribution in [0.25, 0.3) is 0 Å². The smallest absolute Gasteiger partial charge is 0.234 e. The minimum Gasteiger partial charge on any atom is -0.351 e. The van der Waals surface area contributed by atoms with Crippen molar-refractivity contribution in [1.82, 2.24) is 10.2 Å². The fourth-order valence-electron chi connectivity index (χ4n) is 3.16. The molecule has 0 aliphatic carbocycles. The molecule has 0 spiro atoms. The third-order valence-corrected chi connectivity index (χ3v) is 5.63. The average Bonchev–Trinajstić information content (AvgIpc) is 3.17. The van der Waals surface area contributed by atoms with Crippen LogP contribution in [0.2, 0.25) is 0 Å². The van der Waals surface area contributed by atoms with Crippen LogP contribution in [0, 0.1) is 19.7 Å². The van der Waals surface area contributed by atoms with E-state index in [-0.39, 0.29) is 11.7 Å². The first-order chi connectivity index (χ1) is 11.5. The summed E-state index contributed by atoms with van der Waals surface area (Å²) in [6, 6.07) is 9.76. The zero-order valence-electron chi connectivity index (χ0n) is 14.1. The minimum atomic E-state index is -0.227. The van der Waals surface area contributed by atoms with E-state index >= 15 is 0 Å². The second kappa shape index (κ2) is 7.45. The molecule has 24 heavy (non-hydrogen) atoms. The van der Waals surface area contributed by atoms with Crippen molar-refractivity contribution in [2.75, 3.05) is 13.1 Å². The van der Waals surface area contributed by atoms with Gasteiger partial charge in [0, 0.05) is 22.3 Å². The predicted molar refractivity (Wildman–Crippen MR) is 95.6 cm³/mol. The first-order valence-corrected chi connectivity index (χ1v) is 9.16. The molecule has 1 aliphatic rings. The van der Waals surface area contributed by atoms with Crippen molar-refractivity contribution in [3.63, 3.8) is 0 Å². The lowest BCUT2D eigenvalue weighted by Crippen LogP contribution is -2.36. The molecule has 128 valence electrons. The molecule has 1 aliphatic heterocycles. The van der Waals surface area contributed by atoms with E-state index in [1.54, 1.807) is 13.0 Å². The number of hydrogen-bond acceptors (Lipinski definition) is 3. The van der Waals surface area contributed by atoms with Crippen LogP contribution in [-0.2, 0) is 11.3 Å². The maximum absolute atomic E-state index is 13.6. The molecular formula is C19H23FN2OS. The van der Waals surface area contributed by atoms with Crippen molar-refractivity contribution < 1.29 is 9.18 Å². The highest BCUT2D eigenvalue weighted by Gasteiger charge is 2.28. The van der Waals surface area contributed by atoms with Crippen LogP contribution in [0.15, 0.2) is 30.3 Å². The fraction of sp³-hybridized carbons (Fsp3) is 0.421. The molecule has 0 saturated carbocycles. The summed E-state index contributed by atoms with van der Waals surface area (Å²) in [6.07, 6.45) is 2.23. The van der Waals surface area contributed by atoms with E-state index in [1.165, 1.54) is 15.8 Å². The van der Waals surface area contributed by atoms with E-state index < -0.39 is 0 Å². The number of amides is 1. The third kappa shape index (κ3) is 4.02. The summed E-state index contributed by atoms with van der Waals surface area (Å²) >= 11 is 1.81. The standard InChI is InChI=1S/C19H23FN2OS/c1-13-5-7-15(10-16(13)20)11-21-19(23)12-22-9-3-4-17(22)18-8-6-14(2)24-18/h5-8,10,17H,3-4,9,11-12H2,1-2H3,(H,21,23). The van der Waals surface area contributed by atoms with Gasteiger partial charge >= 0.3 is 0 Å². The molecule has 1 aromatic carbocycles. The molecule has 3 rings (SSSR count). The summed E-state index contributed by atoms with van der Waals surface area (Å²) in [4.78, 5) is 17.2. The van der Waals surface area contributed by atoms with Crippen molar-refractivity contribution in [3.05, 3.63) is 57.0 Å². The summed E-state index contributed by atoms with van der Waals surface area (Å²) in [5.41, 5.74) is 1.41. The minimum absolute atomic E-state index is 0.00355. The van der Waals surface area contributed by atoms with Crippen molar-refractivity contribution in [2.45, 2.75) is 39.3 Å². The molecule has 1 N–H and O–H groups in total. The van der Waals surface area contributed by atoms with Gasteiger partial charge in [-0.05, 0) is 62.6 Å². The zero-order chi connectivity index (χ0) is 17.1. The van der Waals surface area contributed by atoms with Crippen molar-refractivity contribution >= 4 is 17.2 Å². The molecule has 0 bridgehead atoms. The quantitative estimate of drug-likeness (QED) is 0.889. The van der Waals surface area contributed by atoms with Gasteiger partial charge in [-0.25, -0.2) is 4.39 Å². The highest BCUT2D eigenvalue weighted by atomic mass is 32.1. The maximum Gasteiger partial charge on any atom is 0.234 e. The molecule has 5 heteroatoms. The number of benzene rings is 1. The number of rotatable bonds is 5. The number of likely N-dealkylation sites (tertiary alicyclic amines) is 1. The molecule has 1 fully saturated rings. The number of aryl methyl sites for hydroxylation is 2. The van der Waals surface area contributed by atoms with Crippen LogP contribution >= 0.6 is 11.3 Å². The van der Waals surface area contributed by atoms with Crippen LogP contribution in [0.3, 0.4) is 0 Å². The molecule has 2 aromatic rings. The van der Waals surface area contributed by atoms with Crippen LogP contribution in [0.4, 0.5) is 4.39 Å². The van der Waals surface area contributed by atoms with Gasteiger partial charge in [0.2, 0.25) is 5.91 Å². The van der Waals surface area contributed by atoms with E-state index in [1.807, 2.05) is 17.4 Å². The van der Waals surface area contributed by atoms with Crippen molar-refractivity contribution in [1.29, 1.82) is 0 Å². The second-order valence-corrected chi connectivity index (χ2v) is 7.76. The van der Waals surface area contributed by atoms with E-state index in [0.29, 0.717) is 24.7 Å². The summed E-state index contributed by atoms with van der Waals surface area (Å²) in [6.45, 7) is 5.56. The lowest BCUT2D eigenvalue weighted by molar-refractivity contribution is -0.122. The SMILES string of the molecule is Cc1ccc(C2CCCN2CC(=O)NCc2ccc(C)c(F)c2)s1. The van der Waals surface area contributed by atoms with Gasteiger partial charge in [0.15, 0.2) is 0 Å². The van der Waals surface area contributed by atoms with Crippen LogP contribution in [0.5, 0.6) is 0 Å². The Labute approximate surface area is 146 Å². The van der Waals surface area contributed by atoms with Gasteiger partial charge in [0.05, 0.1) is 6.54 Å². The molecule has 1 amide bonds. The Morgan fingerprint density at radius 3 is 2.88 bits per heavy atom. The molecule has 0 radical (unpaired) electrons. The van der Waals surface area contributed by atoms with E-state index in [0.717, 1.165) is 24.9 Å². The molecule has 1 unspecified atom stereocenters. The Hall–Kier alpha value is -1.72. The van der Waals surface area contributed by atoms with Gasteiger partial charge in [-0.2, -0.15) is 0 Å². The third-order valence-electron chi connectivity index (χ3n) is 4.53. The van der Waals surface area contributed by atoms with Crippen LogP contribution in [0.1, 0.15) is 39.8 Å². The van der Waals surface area contributed by atoms with Crippen molar-refractivity contribution in [2.24, 2.45) is 0 Å². The molecule has 3 nitrogen and oxygen atoms in total.